The lowest BCUT2D eigenvalue weighted by atomic mass is 9.76. The minimum absolute atomic E-state index is 0.593. The number of benzene rings is 1. The molecule has 0 spiro atoms. The standard InChI is InChI=1S/C14H18.C4H6O/c1-11-4-2-3-5-13(11)14-8-6-12(10-14)7-9-14;1-3-5-4-2/h2-5,12H,6-10H2,1H3;3-4H,1-2H2. The van der Waals surface area contributed by atoms with Gasteiger partial charge in [0.25, 0.3) is 0 Å². The highest BCUT2D eigenvalue weighted by atomic mass is 16.5. The van der Waals surface area contributed by atoms with Gasteiger partial charge in [0.05, 0.1) is 12.5 Å². The van der Waals surface area contributed by atoms with E-state index in [9.17, 15) is 0 Å². The summed E-state index contributed by atoms with van der Waals surface area (Å²) >= 11 is 0. The third kappa shape index (κ3) is 2.91. The van der Waals surface area contributed by atoms with Gasteiger partial charge in [-0.2, -0.15) is 0 Å². The molecule has 0 aliphatic heterocycles. The summed E-state index contributed by atoms with van der Waals surface area (Å²) < 4.78 is 4.36. The van der Waals surface area contributed by atoms with Gasteiger partial charge in [-0.05, 0) is 61.5 Å². The minimum atomic E-state index is 0.593. The molecule has 0 N–H and O–H groups in total. The van der Waals surface area contributed by atoms with Crippen LogP contribution in [0.1, 0.15) is 43.2 Å². The number of hydrogen-bond acceptors (Lipinski definition) is 1. The quantitative estimate of drug-likeness (QED) is 0.682. The maximum absolute atomic E-state index is 4.36. The minimum Gasteiger partial charge on any atom is -0.474 e. The molecule has 2 saturated carbocycles. The molecular formula is C18H24O. The van der Waals surface area contributed by atoms with Crippen LogP contribution >= 0.6 is 0 Å². The molecule has 2 aliphatic rings. The summed E-state index contributed by atoms with van der Waals surface area (Å²) in [6.45, 7) is 8.79. The van der Waals surface area contributed by atoms with E-state index in [0.29, 0.717) is 5.41 Å². The normalized spacial score (nSPS) is 27.3. The predicted octanol–water partition coefficient (Wildman–Crippen LogP) is 5.12. The molecule has 0 radical (unpaired) electrons. The van der Waals surface area contributed by atoms with E-state index in [-0.39, 0.29) is 0 Å². The van der Waals surface area contributed by atoms with Gasteiger partial charge < -0.3 is 4.74 Å². The molecule has 0 heterocycles. The lowest BCUT2D eigenvalue weighted by molar-refractivity contribution is 0.406. The van der Waals surface area contributed by atoms with E-state index in [1.54, 1.807) is 5.56 Å². The van der Waals surface area contributed by atoms with Crippen molar-refractivity contribution in [3.63, 3.8) is 0 Å². The lowest BCUT2D eigenvalue weighted by Crippen LogP contribution is -2.20. The summed E-state index contributed by atoms with van der Waals surface area (Å²) in [6, 6.07) is 9.01. The Balaban J connectivity index is 0.000000232. The van der Waals surface area contributed by atoms with Crippen molar-refractivity contribution in [3.8, 4) is 0 Å². The SMILES string of the molecule is C=COC=C.Cc1ccccc1C12CCC(CC1)C2. The molecule has 1 aromatic rings. The topological polar surface area (TPSA) is 9.23 Å². The van der Waals surface area contributed by atoms with Crippen LogP contribution in [0.5, 0.6) is 0 Å². The molecule has 1 nitrogen and oxygen atoms in total. The van der Waals surface area contributed by atoms with E-state index < -0.39 is 0 Å². The average molecular weight is 256 g/mol. The van der Waals surface area contributed by atoms with Gasteiger partial charge in [-0.3, -0.25) is 0 Å². The number of rotatable bonds is 3. The van der Waals surface area contributed by atoms with Gasteiger partial charge in [-0.1, -0.05) is 37.4 Å². The van der Waals surface area contributed by atoms with Crippen molar-refractivity contribution in [3.05, 3.63) is 61.1 Å². The third-order valence-corrected chi connectivity index (χ3v) is 4.65. The molecule has 3 rings (SSSR count). The smallest absolute Gasteiger partial charge is 0.0829 e. The molecule has 0 saturated heterocycles. The number of aryl methyl sites for hydroxylation is 1. The second-order valence-electron chi connectivity index (χ2n) is 5.71. The van der Waals surface area contributed by atoms with Gasteiger partial charge in [-0.15, -0.1) is 0 Å². The number of fused-ring (bicyclic) bond motifs is 2. The van der Waals surface area contributed by atoms with E-state index in [0.717, 1.165) is 5.92 Å². The van der Waals surface area contributed by atoms with Gasteiger partial charge in [-0.25, -0.2) is 0 Å². The molecule has 0 unspecified atom stereocenters. The maximum Gasteiger partial charge on any atom is 0.0829 e. The van der Waals surface area contributed by atoms with Crippen molar-refractivity contribution >= 4 is 0 Å². The first-order valence-electron chi connectivity index (χ1n) is 7.15. The van der Waals surface area contributed by atoms with Crippen LogP contribution in [0.15, 0.2) is 49.9 Å². The van der Waals surface area contributed by atoms with Crippen molar-refractivity contribution in [2.24, 2.45) is 5.92 Å². The highest BCUT2D eigenvalue weighted by Gasteiger charge is 2.46. The first kappa shape index (κ1) is 13.9. The zero-order valence-electron chi connectivity index (χ0n) is 11.9. The van der Waals surface area contributed by atoms with E-state index in [1.165, 1.54) is 50.2 Å². The second-order valence-corrected chi connectivity index (χ2v) is 5.71. The molecule has 2 bridgehead atoms. The molecule has 2 fully saturated rings. The van der Waals surface area contributed by atoms with Crippen LogP contribution in [0.3, 0.4) is 0 Å². The molecule has 1 heteroatoms. The van der Waals surface area contributed by atoms with E-state index in [2.05, 4.69) is 49.1 Å². The van der Waals surface area contributed by atoms with E-state index >= 15 is 0 Å². The van der Waals surface area contributed by atoms with E-state index in [1.807, 2.05) is 0 Å². The van der Waals surface area contributed by atoms with Gasteiger partial charge >= 0.3 is 0 Å². The van der Waals surface area contributed by atoms with Crippen molar-refractivity contribution in [1.82, 2.24) is 0 Å². The maximum atomic E-state index is 4.36. The molecule has 0 amide bonds. The highest BCUT2D eigenvalue weighted by Crippen LogP contribution is 2.55. The molecule has 1 aromatic carbocycles. The first-order chi connectivity index (χ1) is 9.22. The number of hydrogen-bond donors (Lipinski definition) is 0. The molecule has 102 valence electrons. The average Bonchev–Trinajstić information content (AvgIpc) is 3.02. The van der Waals surface area contributed by atoms with Gasteiger partial charge in [0, 0.05) is 0 Å². The fourth-order valence-corrected chi connectivity index (χ4v) is 3.81. The van der Waals surface area contributed by atoms with E-state index in [4.69, 9.17) is 0 Å². The van der Waals surface area contributed by atoms with Crippen LogP contribution in [0.2, 0.25) is 0 Å². The lowest BCUT2D eigenvalue weighted by Gasteiger charge is -2.28. The Labute approximate surface area is 117 Å². The van der Waals surface area contributed by atoms with Crippen LogP contribution in [0.4, 0.5) is 0 Å². The molecule has 19 heavy (non-hydrogen) atoms. The van der Waals surface area contributed by atoms with Gasteiger partial charge in [0.2, 0.25) is 0 Å². The Hall–Kier alpha value is -1.50. The highest BCUT2D eigenvalue weighted by molar-refractivity contribution is 5.35. The Bertz CT molecular complexity index is 433. The van der Waals surface area contributed by atoms with Crippen molar-refractivity contribution in [1.29, 1.82) is 0 Å². The Morgan fingerprint density at radius 3 is 2.21 bits per heavy atom. The monoisotopic (exact) mass is 256 g/mol. The zero-order valence-corrected chi connectivity index (χ0v) is 11.9. The van der Waals surface area contributed by atoms with Crippen molar-refractivity contribution in [2.75, 3.05) is 0 Å². The molecule has 2 aliphatic carbocycles. The summed E-state index contributed by atoms with van der Waals surface area (Å²) in [5, 5.41) is 0. The van der Waals surface area contributed by atoms with Crippen LogP contribution in [0.25, 0.3) is 0 Å². The zero-order chi connectivity index (χ0) is 13.7. The first-order valence-corrected chi connectivity index (χ1v) is 7.15. The summed E-state index contributed by atoms with van der Waals surface area (Å²) in [4.78, 5) is 0. The Morgan fingerprint density at radius 2 is 1.79 bits per heavy atom. The van der Waals surface area contributed by atoms with Crippen LogP contribution in [-0.4, -0.2) is 0 Å². The molecule has 0 atom stereocenters. The molecular weight excluding hydrogens is 232 g/mol. The van der Waals surface area contributed by atoms with Gasteiger partial charge in [0.1, 0.15) is 0 Å². The van der Waals surface area contributed by atoms with Crippen molar-refractivity contribution in [2.45, 2.75) is 44.4 Å². The van der Waals surface area contributed by atoms with Gasteiger partial charge in [0.15, 0.2) is 0 Å². The van der Waals surface area contributed by atoms with Crippen LogP contribution < -0.4 is 0 Å². The summed E-state index contributed by atoms with van der Waals surface area (Å²) in [5.41, 5.74) is 3.76. The summed E-state index contributed by atoms with van der Waals surface area (Å²) in [5.74, 6) is 1.05. The Morgan fingerprint density at radius 1 is 1.16 bits per heavy atom. The molecule has 0 aromatic heterocycles. The Kier molecular flexibility index (Phi) is 4.47. The van der Waals surface area contributed by atoms with Crippen LogP contribution in [0, 0.1) is 12.8 Å². The summed E-state index contributed by atoms with van der Waals surface area (Å²) in [6.07, 6.45) is 9.95. The third-order valence-electron chi connectivity index (χ3n) is 4.65. The van der Waals surface area contributed by atoms with Crippen LogP contribution in [-0.2, 0) is 10.2 Å². The second kappa shape index (κ2) is 6.10. The largest absolute Gasteiger partial charge is 0.474 e. The van der Waals surface area contributed by atoms with Crippen molar-refractivity contribution < 1.29 is 4.74 Å². The summed E-state index contributed by atoms with van der Waals surface area (Å²) in [7, 11) is 0. The fourth-order valence-electron chi connectivity index (χ4n) is 3.81. The predicted molar refractivity (Wildman–Crippen MR) is 80.9 cm³/mol. The number of ether oxygens (including phenoxy) is 1. The fraction of sp³-hybridized carbons (Fsp3) is 0.444.